The Morgan fingerprint density at radius 3 is 0.525 bits per heavy atom. The van der Waals surface area contributed by atoms with Crippen LogP contribution >= 0.6 is 0 Å². The molecule has 0 aliphatic rings. The molecule has 0 amide bonds. The highest BCUT2D eigenvalue weighted by atomic mass is 16.1. The zero-order valence-corrected chi connectivity index (χ0v) is 21.2. The summed E-state index contributed by atoms with van der Waals surface area (Å²) in [6.07, 6.45) is 3.00. The second-order valence-electron chi connectivity index (χ2n) is 6.90. The molecule has 0 aliphatic heterocycles. The maximum Gasteiger partial charge on any atom is 0.231 e. The van der Waals surface area contributed by atoms with Gasteiger partial charge >= 0.3 is 0 Å². The maximum atomic E-state index is 8.35. The molecule has 0 heterocycles. The average Bonchev–Trinajstić information content (AvgIpc) is 2.93. The molecule has 0 aliphatic carbocycles. The molecule has 4 aromatic rings. The van der Waals surface area contributed by atoms with E-state index in [0.29, 0.717) is 0 Å². The first-order valence-corrected chi connectivity index (χ1v) is 10.8. The van der Waals surface area contributed by atoms with Gasteiger partial charge in [-0.05, 0) is 70.8 Å². The zero-order chi connectivity index (χ0) is 30.8. The number of carbonyl (C=O) groups excluding carboxylic acids is 4. The Bertz CT molecular complexity index is 1160. The Kier molecular flexibility index (Phi) is 20.6. The fraction of sp³-hybridized carbons (Fsp3) is 0. The van der Waals surface area contributed by atoms with Gasteiger partial charge in [-0.25, -0.2) is 40.8 Å². The molecule has 0 unspecified atom stereocenters. The van der Waals surface area contributed by atoms with E-state index in [-0.39, 0.29) is 0 Å². The van der Waals surface area contributed by atoms with Crippen molar-refractivity contribution in [2.75, 3.05) is 22.9 Å². The minimum Gasteiger partial charge on any atom is -0.399 e. The molecular formula is C28H28N8O4. The van der Waals surface area contributed by atoms with Gasteiger partial charge in [0.05, 0.1) is 0 Å². The largest absolute Gasteiger partial charge is 0.399 e. The van der Waals surface area contributed by atoms with E-state index >= 15 is 0 Å². The molecule has 4 rings (SSSR count). The van der Waals surface area contributed by atoms with E-state index in [2.05, 4.69) is 0 Å². The fourth-order valence-electron chi connectivity index (χ4n) is 2.70. The smallest absolute Gasteiger partial charge is 0.231 e. The van der Waals surface area contributed by atoms with Gasteiger partial charge in [0.15, 0.2) is 0 Å². The number of hydrogen-bond acceptors (Lipinski definition) is 12. The summed E-state index contributed by atoms with van der Waals surface area (Å²) < 4.78 is 0. The second-order valence-corrected chi connectivity index (χ2v) is 6.90. The molecule has 12 N–H and O–H groups in total. The first-order valence-electron chi connectivity index (χ1n) is 10.8. The monoisotopic (exact) mass is 540 g/mol. The Hall–Kier alpha value is -6.40. The van der Waals surface area contributed by atoms with Gasteiger partial charge in [-0.15, -0.1) is 0 Å². The molecule has 12 heteroatoms. The minimum absolute atomic E-state index is 0.750. The SMILES string of the molecule is N=C=O.N=C=O.N=C=O.N=C=O.Nc1ccc(-c2ccc(N)cc2)cc1.Nc1ccc(-c2ccc(N)cc2)cc1. The Morgan fingerprint density at radius 1 is 0.325 bits per heavy atom. The summed E-state index contributed by atoms with van der Waals surface area (Å²) in [4.78, 5) is 33.4. The van der Waals surface area contributed by atoms with Crippen LogP contribution in [0.4, 0.5) is 22.7 Å². The molecule has 12 nitrogen and oxygen atoms in total. The highest BCUT2D eigenvalue weighted by molar-refractivity contribution is 5.68. The van der Waals surface area contributed by atoms with Crippen molar-refractivity contribution in [1.82, 2.24) is 0 Å². The van der Waals surface area contributed by atoms with E-state index in [1.54, 1.807) is 0 Å². The lowest BCUT2D eigenvalue weighted by Crippen LogP contribution is -1.85. The van der Waals surface area contributed by atoms with Crippen LogP contribution in [0.15, 0.2) is 97.1 Å². The standard InChI is InChI=1S/2C12H12N2.4CHNO/c2*13-11-5-1-9(2-6-11)10-3-7-12(14)8-4-10;4*2-1-3/h2*1-8H,13-14H2;4*2H. The lowest BCUT2D eigenvalue weighted by atomic mass is 10.1. The summed E-state index contributed by atoms with van der Waals surface area (Å²) in [7, 11) is 0. The van der Waals surface area contributed by atoms with Gasteiger partial charge in [0.25, 0.3) is 0 Å². The van der Waals surface area contributed by atoms with Crippen molar-refractivity contribution in [3.8, 4) is 22.3 Å². The molecule has 4 aromatic carbocycles. The number of isocyanates is 4. The Labute approximate surface area is 230 Å². The highest BCUT2D eigenvalue weighted by Crippen LogP contribution is 2.22. The molecular weight excluding hydrogens is 512 g/mol. The third-order valence-corrected chi connectivity index (χ3v) is 4.31. The van der Waals surface area contributed by atoms with Gasteiger partial charge in [0.1, 0.15) is 0 Å². The summed E-state index contributed by atoms with van der Waals surface area (Å²) in [5.74, 6) is 0. The highest BCUT2D eigenvalue weighted by Gasteiger charge is 1.97. The van der Waals surface area contributed by atoms with E-state index in [1.807, 2.05) is 97.1 Å². The topological polar surface area (TPSA) is 268 Å². The van der Waals surface area contributed by atoms with Crippen molar-refractivity contribution < 1.29 is 19.2 Å². The second kappa shape index (κ2) is 23.0. The van der Waals surface area contributed by atoms with Crippen LogP contribution in [-0.2, 0) is 19.2 Å². The third kappa shape index (κ3) is 17.1. The molecule has 0 aromatic heterocycles. The minimum atomic E-state index is 0.750. The van der Waals surface area contributed by atoms with Crippen LogP contribution in [0.25, 0.3) is 22.3 Å². The van der Waals surface area contributed by atoms with Crippen molar-refractivity contribution in [2.45, 2.75) is 0 Å². The predicted octanol–water partition coefficient (Wildman–Crippen LogP) is 4.64. The number of nitrogens with two attached hydrogens (primary N) is 4. The summed E-state index contributed by atoms with van der Waals surface area (Å²) in [5.41, 5.74) is 30.2. The predicted molar refractivity (Wildman–Crippen MR) is 155 cm³/mol. The van der Waals surface area contributed by atoms with E-state index < -0.39 is 0 Å². The van der Waals surface area contributed by atoms with Gasteiger partial charge in [0.2, 0.25) is 24.3 Å². The van der Waals surface area contributed by atoms with Gasteiger partial charge in [-0.1, -0.05) is 48.5 Å². The van der Waals surface area contributed by atoms with E-state index in [0.717, 1.165) is 69.3 Å². The van der Waals surface area contributed by atoms with Gasteiger partial charge < -0.3 is 22.9 Å². The van der Waals surface area contributed by atoms with Crippen molar-refractivity contribution in [3.05, 3.63) is 97.1 Å². The van der Waals surface area contributed by atoms with Crippen LogP contribution in [-0.4, -0.2) is 24.3 Å². The lowest BCUT2D eigenvalue weighted by molar-refractivity contribution is 0.562. The molecule has 0 spiro atoms. The average molecular weight is 541 g/mol. The van der Waals surface area contributed by atoms with E-state index in [9.17, 15) is 0 Å². The molecule has 204 valence electrons. The van der Waals surface area contributed by atoms with Crippen LogP contribution in [0.1, 0.15) is 0 Å². The Morgan fingerprint density at radius 2 is 0.425 bits per heavy atom. The first-order chi connectivity index (χ1) is 19.2. The van der Waals surface area contributed by atoms with Gasteiger partial charge in [-0.3, -0.25) is 0 Å². The number of benzene rings is 4. The number of nitrogen functional groups attached to an aromatic ring is 4. The molecule has 0 saturated carbocycles. The summed E-state index contributed by atoms with van der Waals surface area (Å²) in [6.45, 7) is 0. The lowest BCUT2D eigenvalue weighted by Gasteiger charge is -2.02. The van der Waals surface area contributed by atoms with Crippen molar-refractivity contribution >= 4 is 47.1 Å². The van der Waals surface area contributed by atoms with E-state index in [4.69, 9.17) is 63.7 Å². The number of hydrogen-bond donors (Lipinski definition) is 8. The van der Waals surface area contributed by atoms with Gasteiger partial charge in [0, 0.05) is 22.7 Å². The number of nitrogens with one attached hydrogen (secondary N) is 4. The van der Waals surface area contributed by atoms with E-state index in [1.165, 1.54) is 0 Å². The molecule has 0 radical (unpaired) electrons. The van der Waals surface area contributed by atoms with Crippen molar-refractivity contribution in [1.29, 1.82) is 21.6 Å². The quantitative estimate of drug-likeness (QED) is 0.100. The van der Waals surface area contributed by atoms with Crippen LogP contribution < -0.4 is 22.9 Å². The molecule has 0 bridgehead atoms. The molecule has 0 saturated heterocycles. The van der Waals surface area contributed by atoms with Gasteiger partial charge in [-0.2, -0.15) is 0 Å². The zero-order valence-electron chi connectivity index (χ0n) is 21.2. The number of rotatable bonds is 2. The summed E-state index contributed by atoms with van der Waals surface area (Å²) >= 11 is 0. The van der Waals surface area contributed by atoms with Crippen LogP contribution in [0, 0.1) is 21.6 Å². The molecule has 0 atom stereocenters. The maximum absolute atomic E-state index is 8.35. The van der Waals surface area contributed by atoms with Crippen LogP contribution in [0.5, 0.6) is 0 Å². The summed E-state index contributed by atoms with van der Waals surface area (Å²) in [5, 5.41) is 21.6. The van der Waals surface area contributed by atoms with Crippen LogP contribution in [0.2, 0.25) is 0 Å². The number of anilines is 4. The normalized spacial score (nSPS) is 7.80. The Balaban J connectivity index is 0. The third-order valence-electron chi connectivity index (χ3n) is 4.31. The van der Waals surface area contributed by atoms with Crippen LogP contribution in [0.3, 0.4) is 0 Å². The molecule has 0 fully saturated rings. The summed E-state index contributed by atoms with van der Waals surface area (Å²) in [6, 6.07) is 31.2. The van der Waals surface area contributed by atoms with Crippen molar-refractivity contribution in [3.63, 3.8) is 0 Å². The fourth-order valence-corrected chi connectivity index (χ4v) is 2.70. The first kappa shape index (κ1) is 35.8. The molecule has 40 heavy (non-hydrogen) atoms. The van der Waals surface area contributed by atoms with Crippen molar-refractivity contribution in [2.24, 2.45) is 0 Å².